The van der Waals surface area contributed by atoms with Crippen LogP contribution in [0.2, 0.25) is 0 Å². The minimum absolute atomic E-state index is 0.866. The molecule has 0 aliphatic rings. The second kappa shape index (κ2) is 6.42. The van der Waals surface area contributed by atoms with E-state index in [1.165, 1.54) is 0 Å². The fourth-order valence-electron chi connectivity index (χ4n) is 2.80. The summed E-state index contributed by atoms with van der Waals surface area (Å²) in [7, 11) is 0. The molecule has 0 spiro atoms. The van der Waals surface area contributed by atoms with E-state index >= 15 is 0 Å². The molecule has 0 saturated heterocycles. The highest BCUT2D eigenvalue weighted by Gasteiger charge is 2.16. The van der Waals surface area contributed by atoms with Crippen LogP contribution >= 0.6 is 0 Å². The van der Waals surface area contributed by atoms with Crippen LogP contribution in [0.3, 0.4) is 0 Å². The fraction of sp³-hybridized carbons (Fsp3) is 0. The maximum Gasteiger partial charge on any atom is 0.101 e. The summed E-state index contributed by atoms with van der Waals surface area (Å²) < 4.78 is 0. The summed E-state index contributed by atoms with van der Waals surface area (Å²) in [5, 5.41) is 8.67. The first kappa shape index (κ1) is 14.3. The topological polar surface area (TPSA) is 38.7 Å². The van der Waals surface area contributed by atoms with Crippen molar-refractivity contribution in [2.45, 2.75) is 0 Å². The molecule has 4 aromatic rings. The lowest BCUT2D eigenvalue weighted by Crippen LogP contribution is -1.97. The predicted molar refractivity (Wildman–Crippen MR) is 96.1 cm³/mol. The molecule has 2 aromatic carbocycles. The summed E-state index contributed by atoms with van der Waals surface area (Å²) in [6.45, 7) is 0. The molecule has 0 bridgehead atoms. The van der Waals surface area contributed by atoms with Crippen molar-refractivity contribution < 1.29 is 0 Å². The van der Waals surface area contributed by atoms with Gasteiger partial charge in [-0.05, 0) is 17.7 Å². The van der Waals surface area contributed by atoms with Crippen molar-refractivity contribution in [3.8, 4) is 33.6 Å². The first-order valence-corrected chi connectivity index (χ1v) is 7.81. The van der Waals surface area contributed by atoms with Crippen LogP contribution in [0.25, 0.3) is 33.6 Å². The Labute approximate surface area is 140 Å². The number of aromatic nitrogens is 3. The molecule has 0 aliphatic carbocycles. The molecule has 24 heavy (non-hydrogen) atoms. The Hall–Kier alpha value is -3.33. The smallest absolute Gasteiger partial charge is 0.101 e. The van der Waals surface area contributed by atoms with Gasteiger partial charge in [-0.2, -0.15) is 5.10 Å². The first-order valence-electron chi connectivity index (χ1n) is 7.81. The average molecular weight is 309 g/mol. The van der Waals surface area contributed by atoms with Gasteiger partial charge < -0.3 is 0 Å². The molecular weight excluding hydrogens is 294 g/mol. The number of benzene rings is 2. The van der Waals surface area contributed by atoms with Crippen molar-refractivity contribution >= 4 is 0 Å². The van der Waals surface area contributed by atoms with Crippen molar-refractivity contribution in [1.82, 2.24) is 15.2 Å². The summed E-state index contributed by atoms with van der Waals surface area (Å²) in [6, 6.07) is 26.3. The minimum atomic E-state index is 0.866. The Morgan fingerprint density at radius 3 is 1.96 bits per heavy atom. The second-order valence-corrected chi connectivity index (χ2v) is 5.43. The zero-order valence-electron chi connectivity index (χ0n) is 13.0. The van der Waals surface area contributed by atoms with E-state index in [1.54, 1.807) is 12.4 Å². The van der Waals surface area contributed by atoms with Crippen molar-refractivity contribution in [1.29, 1.82) is 0 Å². The van der Waals surface area contributed by atoms with E-state index in [-0.39, 0.29) is 0 Å². The van der Waals surface area contributed by atoms with Crippen molar-refractivity contribution in [3.63, 3.8) is 0 Å². The predicted octanol–water partition coefficient (Wildman–Crippen LogP) is 4.87. The zero-order chi connectivity index (χ0) is 16.2. The van der Waals surface area contributed by atoms with Gasteiger partial charge in [-0.25, -0.2) is 0 Å². The zero-order valence-corrected chi connectivity index (χ0v) is 13.0. The maximum atomic E-state index is 4.50. The number of hydrogen-bond donors (Lipinski definition) is 0. The van der Waals surface area contributed by atoms with Gasteiger partial charge in [-0.3, -0.25) is 4.98 Å². The van der Waals surface area contributed by atoms with E-state index in [9.17, 15) is 0 Å². The van der Waals surface area contributed by atoms with E-state index < -0.39 is 0 Å². The molecule has 0 aliphatic heterocycles. The largest absolute Gasteiger partial charge is 0.256 e. The van der Waals surface area contributed by atoms with Gasteiger partial charge in [0.1, 0.15) is 5.69 Å². The molecule has 2 heterocycles. The molecule has 2 aromatic heterocycles. The van der Waals surface area contributed by atoms with Gasteiger partial charge in [-0.15, -0.1) is 5.10 Å². The Bertz CT molecular complexity index is 879. The third-order valence-corrected chi connectivity index (χ3v) is 3.90. The molecule has 3 nitrogen and oxygen atoms in total. The highest BCUT2D eigenvalue weighted by Crippen LogP contribution is 2.37. The lowest BCUT2D eigenvalue weighted by molar-refractivity contribution is 1.04. The summed E-state index contributed by atoms with van der Waals surface area (Å²) in [6.07, 6.45) is 3.59. The van der Waals surface area contributed by atoms with Crippen molar-refractivity contribution in [3.05, 3.63) is 91.3 Å². The number of nitrogens with zero attached hydrogens (tertiary/aromatic N) is 3. The van der Waals surface area contributed by atoms with Gasteiger partial charge in [0.05, 0.1) is 11.9 Å². The molecule has 4 rings (SSSR count). The standard InChI is InChI=1S/C21H15N3/c1-3-9-16(10-4-1)20-18(19-13-7-8-14-22-19)15-23-24-21(20)17-11-5-2-6-12-17/h1-15H. The Morgan fingerprint density at radius 2 is 1.29 bits per heavy atom. The summed E-state index contributed by atoms with van der Waals surface area (Å²) in [4.78, 5) is 4.50. The van der Waals surface area contributed by atoms with Gasteiger partial charge in [0.25, 0.3) is 0 Å². The monoisotopic (exact) mass is 309 g/mol. The molecule has 0 amide bonds. The first-order chi connectivity index (χ1) is 11.9. The van der Waals surface area contributed by atoms with Gasteiger partial charge in [0, 0.05) is 22.9 Å². The molecule has 0 radical (unpaired) electrons. The van der Waals surface area contributed by atoms with E-state index in [0.717, 1.165) is 33.6 Å². The third-order valence-electron chi connectivity index (χ3n) is 3.90. The molecule has 0 N–H and O–H groups in total. The SMILES string of the molecule is c1ccc(-c2nncc(-c3ccccn3)c2-c2ccccc2)cc1. The highest BCUT2D eigenvalue weighted by atomic mass is 15.1. The minimum Gasteiger partial charge on any atom is -0.256 e. The van der Waals surface area contributed by atoms with Crippen LogP contribution in [0.15, 0.2) is 91.3 Å². The molecule has 3 heteroatoms. The molecule has 0 atom stereocenters. The average Bonchev–Trinajstić information content (AvgIpc) is 2.69. The van der Waals surface area contributed by atoms with Crippen LogP contribution in [-0.4, -0.2) is 15.2 Å². The van der Waals surface area contributed by atoms with E-state index in [0.29, 0.717) is 0 Å². The van der Waals surface area contributed by atoms with Gasteiger partial charge in [0.2, 0.25) is 0 Å². The number of rotatable bonds is 3. The lowest BCUT2D eigenvalue weighted by atomic mass is 9.94. The second-order valence-electron chi connectivity index (χ2n) is 5.43. The van der Waals surface area contributed by atoms with E-state index in [1.807, 2.05) is 54.6 Å². The fourth-order valence-corrected chi connectivity index (χ4v) is 2.80. The molecule has 0 fully saturated rings. The van der Waals surface area contributed by atoms with E-state index in [2.05, 4.69) is 39.4 Å². The number of hydrogen-bond acceptors (Lipinski definition) is 3. The quantitative estimate of drug-likeness (QED) is 0.542. The highest BCUT2D eigenvalue weighted by molar-refractivity contribution is 5.91. The summed E-state index contributed by atoms with van der Waals surface area (Å²) in [5.74, 6) is 0. The van der Waals surface area contributed by atoms with Crippen LogP contribution in [-0.2, 0) is 0 Å². The molecule has 0 unspecified atom stereocenters. The maximum absolute atomic E-state index is 4.50. The summed E-state index contributed by atoms with van der Waals surface area (Å²) in [5.41, 5.74) is 5.94. The van der Waals surface area contributed by atoms with Gasteiger partial charge in [0.15, 0.2) is 0 Å². The molecule has 0 saturated carbocycles. The summed E-state index contributed by atoms with van der Waals surface area (Å²) >= 11 is 0. The van der Waals surface area contributed by atoms with Gasteiger partial charge >= 0.3 is 0 Å². The van der Waals surface area contributed by atoms with Crippen molar-refractivity contribution in [2.24, 2.45) is 0 Å². The lowest BCUT2D eigenvalue weighted by Gasteiger charge is -2.13. The van der Waals surface area contributed by atoms with E-state index in [4.69, 9.17) is 0 Å². The van der Waals surface area contributed by atoms with Crippen LogP contribution in [0, 0.1) is 0 Å². The van der Waals surface area contributed by atoms with Crippen LogP contribution in [0.4, 0.5) is 0 Å². The van der Waals surface area contributed by atoms with Crippen LogP contribution in [0.1, 0.15) is 0 Å². The molecule has 114 valence electrons. The normalized spacial score (nSPS) is 10.5. The Morgan fingerprint density at radius 1 is 0.625 bits per heavy atom. The van der Waals surface area contributed by atoms with Crippen LogP contribution < -0.4 is 0 Å². The van der Waals surface area contributed by atoms with Crippen LogP contribution in [0.5, 0.6) is 0 Å². The Balaban J connectivity index is 2.02. The molecular formula is C21H15N3. The van der Waals surface area contributed by atoms with Crippen molar-refractivity contribution in [2.75, 3.05) is 0 Å². The third kappa shape index (κ3) is 2.68. The van der Waals surface area contributed by atoms with Gasteiger partial charge in [-0.1, -0.05) is 66.7 Å². The Kier molecular flexibility index (Phi) is 3.82. The number of pyridine rings is 1.